The van der Waals surface area contributed by atoms with E-state index in [2.05, 4.69) is 15.0 Å². The van der Waals surface area contributed by atoms with Crippen LogP contribution in [0, 0.1) is 0 Å². The molecule has 3 aromatic rings. The number of carbonyl (C=O) groups excluding carboxylic acids is 1. The first kappa shape index (κ1) is 19.4. The van der Waals surface area contributed by atoms with E-state index in [-0.39, 0.29) is 10.8 Å². The molecule has 0 aliphatic rings. The van der Waals surface area contributed by atoms with Crippen molar-refractivity contribution >= 4 is 21.6 Å². The molecule has 0 aliphatic carbocycles. The van der Waals surface area contributed by atoms with Gasteiger partial charge in [-0.1, -0.05) is 12.1 Å². The van der Waals surface area contributed by atoms with Gasteiger partial charge in [-0.15, -0.1) is 0 Å². The summed E-state index contributed by atoms with van der Waals surface area (Å²) in [7, 11) is -2.15. The summed E-state index contributed by atoms with van der Waals surface area (Å²) in [4.78, 5) is 16.2. The average molecular weight is 397 g/mol. The topological polar surface area (TPSA) is 97.4 Å². The first-order valence-electron chi connectivity index (χ1n) is 8.42. The third-order valence-electron chi connectivity index (χ3n) is 3.97. The number of nitrogens with one attached hydrogen (secondary N) is 2. The Morgan fingerprint density at radius 2 is 1.61 bits per heavy atom. The van der Waals surface area contributed by atoms with Crippen LogP contribution >= 0.6 is 0 Å². The third-order valence-corrected chi connectivity index (χ3v) is 5.37. The van der Waals surface area contributed by atoms with Crippen LogP contribution in [0.25, 0.3) is 0 Å². The van der Waals surface area contributed by atoms with Gasteiger partial charge < -0.3 is 10.1 Å². The highest BCUT2D eigenvalue weighted by Crippen LogP contribution is 2.16. The second-order valence-electron chi connectivity index (χ2n) is 5.90. The Bertz CT molecular complexity index is 1040. The molecule has 0 bridgehead atoms. The fraction of sp³-hybridized carbons (Fsp3) is 0.100. The maximum absolute atomic E-state index is 12.4. The molecule has 2 N–H and O–H groups in total. The molecular formula is C20H19N3O4S. The Hall–Kier alpha value is -3.39. The van der Waals surface area contributed by atoms with Crippen LogP contribution in [0.3, 0.4) is 0 Å². The zero-order chi connectivity index (χ0) is 20.0. The van der Waals surface area contributed by atoms with Gasteiger partial charge in [-0.3, -0.25) is 14.5 Å². The Kier molecular flexibility index (Phi) is 5.90. The average Bonchev–Trinajstić information content (AvgIpc) is 2.73. The number of sulfonamides is 1. The van der Waals surface area contributed by atoms with E-state index in [1.54, 1.807) is 19.2 Å². The zero-order valence-corrected chi connectivity index (χ0v) is 15.9. The second kappa shape index (κ2) is 8.53. The second-order valence-corrected chi connectivity index (χ2v) is 7.58. The van der Waals surface area contributed by atoms with Crippen LogP contribution in [0.2, 0.25) is 0 Å². The van der Waals surface area contributed by atoms with Gasteiger partial charge >= 0.3 is 0 Å². The minimum atomic E-state index is -3.74. The Balaban J connectivity index is 1.63. The molecule has 0 radical (unpaired) electrons. The number of pyridine rings is 1. The minimum Gasteiger partial charge on any atom is -0.497 e. The monoisotopic (exact) mass is 397 g/mol. The fourth-order valence-corrected chi connectivity index (χ4v) is 3.51. The van der Waals surface area contributed by atoms with Gasteiger partial charge in [-0.2, -0.15) is 0 Å². The van der Waals surface area contributed by atoms with E-state index in [0.717, 1.165) is 11.3 Å². The Labute approximate surface area is 163 Å². The van der Waals surface area contributed by atoms with Crippen LogP contribution in [0.15, 0.2) is 78.0 Å². The van der Waals surface area contributed by atoms with E-state index < -0.39 is 10.0 Å². The molecule has 1 heterocycles. The van der Waals surface area contributed by atoms with Crippen LogP contribution < -0.4 is 14.8 Å². The number of rotatable bonds is 7. The van der Waals surface area contributed by atoms with E-state index in [9.17, 15) is 13.2 Å². The molecule has 2 aromatic carbocycles. The molecule has 0 saturated heterocycles. The lowest BCUT2D eigenvalue weighted by molar-refractivity contribution is 0.0951. The summed E-state index contributed by atoms with van der Waals surface area (Å²) in [6, 6.07) is 16.2. The Morgan fingerprint density at radius 1 is 0.964 bits per heavy atom. The molecular weight excluding hydrogens is 378 g/mol. The molecule has 0 spiro atoms. The number of aromatic nitrogens is 1. The van der Waals surface area contributed by atoms with Gasteiger partial charge in [0.1, 0.15) is 5.75 Å². The molecule has 144 valence electrons. The van der Waals surface area contributed by atoms with Gasteiger partial charge in [-0.25, -0.2) is 8.42 Å². The number of benzene rings is 2. The number of amides is 1. The smallest absolute Gasteiger partial charge is 0.261 e. The van der Waals surface area contributed by atoms with Gasteiger partial charge in [0.15, 0.2) is 0 Å². The van der Waals surface area contributed by atoms with E-state index in [1.165, 1.54) is 36.7 Å². The summed E-state index contributed by atoms with van der Waals surface area (Å²) < 4.78 is 32.4. The summed E-state index contributed by atoms with van der Waals surface area (Å²) in [5.74, 6) is 0.453. The highest BCUT2D eigenvalue weighted by atomic mass is 32.2. The van der Waals surface area contributed by atoms with Crippen LogP contribution in [0.5, 0.6) is 5.75 Å². The summed E-state index contributed by atoms with van der Waals surface area (Å²) in [6.07, 6.45) is 2.99. The summed E-state index contributed by atoms with van der Waals surface area (Å²) in [5.41, 5.74) is 1.71. The van der Waals surface area contributed by atoms with Gasteiger partial charge in [0, 0.05) is 24.5 Å². The summed E-state index contributed by atoms with van der Waals surface area (Å²) >= 11 is 0. The molecule has 0 fully saturated rings. The van der Waals surface area contributed by atoms with Crippen molar-refractivity contribution in [2.45, 2.75) is 11.4 Å². The first-order chi connectivity index (χ1) is 13.5. The van der Waals surface area contributed by atoms with Crippen molar-refractivity contribution in [1.82, 2.24) is 10.3 Å². The van der Waals surface area contributed by atoms with Gasteiger partial charge in [0.2, 0.25) is 0 Å². The zero-order valence-electron chi connectivity index (χ0n) is 15.1. The van der Waals surface area contributed by atoms with Gasteiger partial charge in [0.25, 0.3) is 15.9 Å². The Morgan fingerprint density at radius 3 is 2.21 bits per heavy atom. The largest absolute Gasteiger partial charge is 0.497 e. The number of anilines is 1. The number of methoxy groups -OCH3 is 1. The lowest BCUT2D eigenvalue weighted by atomic mass is 10.2. The normalized spacial score (nSPS) is 10.9. The minimum absolute atomic E-state index is 0.0658. The molecule has 28 heavy (non-hydrogen) atoms. The van der Waals surface area contributed by atoms with Crippen molar-refractivity contribution in [2.75, 3.05) is 11.8 Å². The number of hydrogen-bond donors (Lipinski definition) is 2. The van der Waals surface area contributed by atoms with Crippen LogP contribution in [-0.4, -0.2) is 26.4 Å². The lowest BCUT2D eigenvalue weighted by Gasteiger charge is -2.09. The van der Waals surface area contributed by atoms with E-state index in [1.807, 2.05) is 24.3 Å². The van der Waals surface area contributed by atoms with Crippen molar-refractivity contribution in [3.8, 4) is 5.75 Å². The predicted octanol–water partition coefficient (Wildman–Crippen LogP) is 2.82. The number of hydrogen-bond acceptors (Lipinski definition) is 5. The van der Waals surface area contributed by atoms with E-state index in [4.69, 9.17) is 4.74 Å². The van der Waals surface area contributed by atoms with Crippen molar-refractivity contribution in [2.24, 2.45) is 0 Å². The molecule has 0 atom stereocenters. The highest BCUT2D eigenvalue weighted by molar-refractivity contribution is 7.92. The molecule has 0 unspecified atom stereocenters. The lowest BCUT2D eigenvalue weighted by Crippen LogP contribution is -2.23. The molecule has 0 aliphatic heterocycles. The summed E-state index contributed by atoms with van der Waals surface area (Å²) in [5, 5.41) is 2.80. The van der Waals surface area contributed by atoms with E-state index in [0.29, 0.717) is 17.8 Å². The molecule has 1 aromatic heterocycles. The maximum Gasteiger partial charge on any atom is 0.261 e. The van der Waals surface area contributed by atoms with Crippen LogP contribution in [0.4, 0.5) is 5.69 Å². The van der Waals surface area contributed by atoms with Gasteiger partial charge in [0.05, 0.1) is 17.7 Å². The van der Waals surface area contributed by atoms with Crippen molar-refractivity contribution in [3.63, 3.8) is 0 Å². The van der Waals surface area contributed by atoms with Crippen molar-refractivity contribution in [1.29, 1.82) is 0 Å². The first-order valence-corrected chi connectivity index (χ1v) is 9.90. The standard InChI is InChI=1S/C20H19N3O4S/c1-27-18-6-2-15(3-7-18)14-22-20(24)16-4-8-19(9-5-16)28(25,26)23-17-10-12-21-13-11-17/h2-13H,14H2,1H3,(H,21,23)(H,22,24). The quantitative estimate of drug-likeness (QED) is 0.639. The van der Waals surface area contributed by atoms with E-state index >= 15 is 0 Å². The maximum atomic E-state index is 12.4. The number of carbonyl (C=O) groups is 1. The predicted molar refractivity (Wildman–Crippen MR) is 106 cm³/mol. The molecule has 0 saturated carbocycles. The molecule has 1 amide bonds. The van der Waals surface area contributed by atoms with Crippen LogP contribution in [0.1, 0.15) is 15.9 Å². The third kappa shape index (κ3) is 4.86. The number of ether oxygens (including phenoxy) is 1. The SMILES string of the molecule is COc1ccc(CNC(=O)c2ccc(S(=O)(=O)Nc3ccncc3)cc2)cc1. The molecule has 3 rings (SSSR count). The molecule has 7 nitrogen and oxygen atoms in total. The van der Waals surface area contributed by atoms with Crippen LogP contribution in [-0.2, 0) is 16.6 Å². The summed E-state index contributed by atoms with van der Waals surface area (Å²) in [6.45, 7) is 0.354. The van der Waals surface area contributed by atoms with Crippen molar-refractivity contribution in [3.05, 3.63) is 84.2 Å². The fourth-order valence-electron chi connectivity index (χ4n) is 2.45. The number of nitrogens with zero attached hydrogens (tertiary/aromatic N) is 1. The molecule has 8 heteroatoms. The highest BCUT2D eigenvalue weighted by Gasteiger charge is 2.15. The van der Waals surface area contributed by atoms with Gasteiger partial charge in [-0.05, 0) is 54.1 Å². The van der Waals surface area contributed by atoms with Crippen molar-refractivity contribution < 1.29 is 17.9 Å².